The topological polar surface area (TPSA) is 120 Å². The molecule has 0 bridgehead atoms. The number of hydrogen-bond acceptors (Lipinski definition) is 7. The van der Waals surface area contributed by atoms with E-state index in [0.717, 1.165) is 51.1 Å². The predicted molar refractivity (Wildman–Crippen MR) is 125 cm³/mol. The van der Waals surface area contributed by atoms with Gasteiger partial charge >= 0.3 is 5.97 Å². The molecule has 3 N–H and O–H groups in total. The molecule has 0 aromatic heterocycles. The van der Waals surface area contributed by atoms with Crippen LogP contribution in [-0.2, 0) is 19.1 Å². The summed E-state index contributed by atoms with van der Waals surface area (Å²) in [5.74, 6) is -1.72. The minimum Gasteiger partial charge on any atom is -0.439 e. The number of carbonyl (C=O) groups is 4. The minimum atomic E-state index is -1.11. The highest BCUT2D eigenvalue weighted by Crippen LogP contribution is 2.30. The molecule has 2 heterocycles. The third-order valence-corrected chi connectivity index (χ3v) is 6.94. The van der Waals surface area contributed by atoms with Crippen molar-refractivity contribution in [2.45, 2.75) is 56.8 Å². The van der Waals surface area contributed by atoms with Gasteiger partial charge in [0.1, 0.15) is 5.54 Å². The summed E-state index contributed by atoms with van der Waals surface area (Å²) in [6.45, 7) is 5.11. The van der Waals surface area contributed by atoms with Gasteiger partial charge in [0, 0.05) is 44.4 Å². The number of anilines is 1. The molecule has 3 amide bonds. The van der Waals surface area contributed by atoms with E-state index in [1.165, 1.54) is 6.92 Å². The molecular weight excluding hydrogens is 438 g/mol. The lowest BCUT2D eigenvalue weighted by Gasteiger charge is -2.41. The summed E-state index contributed by atoms with van der Waals surface area (Å²) in [5, 5.41) is 8.11. The zero-order valence-electron chi connectivity index (χ0n) is 19.8. The maximum absolute atomic E-state index is 13.3. The fraction of sp³-hybridized carbons (Fsp3) is 0.583. The Morgan fingerprint density at radius 3 is 2.26 bits per heavy atom. The van der Waals surface area contributed by atoms with Gasteiger partial charge in [-0.3, -0.25) is 19.2 Å². The summed E-state index contributed by atoms with van der Waals surface area (Å²) in [6.07, 6.45) is 2.63. The molecular formula is C24H33N5O5. The number of likely N-dealkylation sites (N-methyl/N-ethyl adjacent to an activating group) is 1. The van der Waals surface area contributed by atoms with Crippen LogP contribution in [0.1, 0.15) is 49.4 Å². The van der Waals surface area contributed by atoms with Crippen LogP contribution in [0.2, 0.25) is 0 Å². The molecule has 34 heavy (non-hydrogen) atoms. The average molecular weight is 472 g/mol. The molecule has 0 spiro atoms. The number of esters is 1. The van der Waals surface area contributed by atoms with Crippen molar-refractivity contribution in [2.75, 3.05) is 38.1 Å². The average Bonchev–Trinajstić information content (AvgIpc) is 2.83. The van der Waals surface area contributed by atoms with Gasteiger partial charge in [0.05, 0.1) is 0 Å². The zero-order chi connectivity index (χ0) is 24.3. The number of nitrogens with zero attached hydrogens (tertiary/aromatic N) is 2. The smallest absolute Gasteiger partial charge is 0.304 e. The van der Waals surface area contributed by atoms with Crippen molar-refractivity contribution in [3.8, 4) is 0 Å². The number of carbonyl (C=O) groups excluding carboxylic acids is 4. The maximum atomic E-state index is 13.3. The highest BCUT2D eigenvalue weighted by Gasteiger charge is 2.48. The monoisotopic (exact) mass is 471 g/mol. The lowest BCUT2D eigenvalue weighted by Crippen LogP contribution is -2.73. The lowest BCUT2D eigenvalue weighted by molar-refractivity contribution is -0.165. The first kappa shape index (κ1) is 24.0. The van der Waals surface area contributed by atoms with Crippen molar-refractivity contribution in [3.05, 3.63) is 29.8 Å². The standard InChI is InChI=1S/C24H33N5O5/c1-16(30)34-22-19(21(32)26-22)25-23(33)24(10-4-3-5-11-24)27-20(31)17-6-8-18(9-7-17)29-14-12-28(2)13-15-29/h6-9,19,22H,3-5,10-15H2,1-2H3,(H,25,33)(H,26,32)(H,27,31)/t19-,22+/m1/s1. The molecule has 0 radical (unpaired) electrons. The third kappa shape index (κ3) is 5.16. The summed E-state index contributed by atoms with van der Waals surface area (Å²) in [5.41, 5.74) is 0.444. The predicted octanol–water partition coefficient (Wildman–Crippen LogP) is 0.375. The van der Waals surface area contributed by atoms with E-state index in [1.54, 1.807) is 12.1 Å². The molecule has 2 atom stereocenters. The minimum absolute atomic E-state index is 0.323. The maximum Gasteiger partial charge on any atom is 0.304 e. The van der Waals surface area contributed by atoms with Crippen LogP contribution in [0, 0.1) is 0 Å². The zero-order valence-corrected chi connectivity index (χ0v) is 19.8. The van der Waals surface area contributed by atoms with Gasteiger partial charge in [-0.1, -0.05) is 19.3 Å². The summed E-state index contributed by atoms with van der Waals surface area (Å²) in [6, 6.07) is 6.49. The van der Waals surface area contributed by atoms with Crippen LogP contribution in [0.5, 0.6) is 0 Å². The van der Waals surface area contributed by atoms with Crippen LogP contribution < -0.4 is 20.9 Å². The molecule has 1 aliphatic carbocycles. The third-order valence-electron chi connectivity index (χ3n) is 6.94. The highest BCUT2D eigenvalue weighted by atomic mass is 16.6. The number of nitrogens with one attached hydrogen (secondary N) is 3. The van der Waals surface area contributed by atoms with E-state index in [1.807, 2.05) is 12.1 Å². The van der Waals surface area contributed by atoms with E-state index >= 15 is 0 Å². The molecule has 10 heteroatoms. The van der Waals surface area contributed by atoms with E-state index < -0.39 is 35.6 Å². The normalized spacial score (nSPS) is 24.4. The Balaban J connectivity index is 1.43. The highest BCUT2D eigenvalue weighted by molar-refractivity contribution is 6.01. The number of piperazine rings is 1. The summed E-state index contributed by atoms with van der Waals surface area (Å²) in [4.78, 5) is 54.2. The van der Waals surface area contributed by atoms with Crippen LogP contribution >= 0.6 is 0 Å². The fourth-order valence-corrected chi connectivity index (χ4v) is 4.79. The molecule has 0 unspecified atom stereocenters. The number of rotatable bonds is 6. The van der Waals surface area contributed by atoms with Gasteiger partial charge in [-0.05, 0) is 44.2 Å². The summed E-state index contributed by atoms with van der Waals surface area (Å²) in [7, 11) is 2.11. The van der Waals surface area contributed by atoms with Crippen molar-refractivity contribution in [3.63, 3.8) is 0 Å². The van der Waals surface area contributed by atoms with Crippen LogP contribution in [-0.4, -0.2) is 79.6 Å². The van der Waals surface area contributed by atoms with E-state index in [4.69, 9.17) is 4.74 Å². The van der Waals surface area contributed by atoms with Gasteiger partial charge in [-0.15, -0.1) is 0 Å². The number of β-lactam (4-membered cyclic amide) rings is 1. The molecule has 184 valence electrons. The molecule has 2 aliphatic heterocycles. The Morgan fingerprint density at radius 1 is 1.03 bits per heavy atom. The second-order valence-corrected chi connectivity index (χ2v) is 9.42. The first-order chi connectivity index (χ1) is 16.3. The Kier molecular flexibility index (Phi) is 7.06. The van der Waals surface area contributed by atoms with Crippen molar-refractivity contribution < 1.29 is 23.9 Å². The Bertz CT molecular complexity index is 936. The van der Waals surface area contributed by atoms with Crippen LogP contribution in [0.4, 0.5) is 5.69 Å². The Morgan fingerprint density at radius 2 is 1.68 bits per heavy atom. The molecule has 10 nitrogen and oxygen atoms in total. The molecule has 3 aliphatic rings. The Hall–Kier alpha value is -3.14. The first-order valence-corrected chi connectivity index (χ1v) is 11.9. The van der Waals surface area contributed by atoms with Crippen LogP contribution in [0.25, 0.3) is 0 Å². The van der Waals surface area contributed by atoms with E-state index in [0.29, 0.717) is 18.4 Å². The van der Waals surface area contributed by atoms with Gasteiger partial charge in [0.2, 0.25) is 12.1 Å². The molecule has 4 rings (SSSR count). The van der Waals surface area contributed by atoms with E-state index in [9.17, 15) is 19.2 Å². The number of amides is 3. The number of hydrogen-bond donors (Lipinski definition) is 3. The first-order valence-electron chi connectivity index (χ1n) is 11.9. The molecule has 1 aromatic rings. The molecule has 3 fully saturated rings. The van der Waals surface area contributed by atoms with Crippen LogP contribution in [0.3, 0.4) is 0 Å². The van der Waals surface area contributed by atoms with Gasteiger partial charge in [-0.25, -0.2) is 0 Å². The molecule has 1 saturated carbocycles. The van der Waals surface area contributed by atoms with E-state index in [-0.39, 0.29) is 5.91 Å². The van der Waals surface area contributed by atoms with Crippen molar-refractivity contribution in [1.29, 1.82) is 0 Å². The lowest BCUT2D eigenvalue weighted by atomic mass is 9.80. The van der Waals surface area contributed by atoms with Gasteiger partial charge in [0.15, 0.2) is 6.04 Å². The fourth-order valence-electron chi connectivity index (χ4n) is 4.79. The van der Waals surface area contributed by atoms with Gasteiger partial charge in [-0.2, -0.15) is 0 Å². The quantitative estimate of drug-likeness (QED) is 0.405. The van der Waals surface area contributed by atoms with Crippen LogP contribution in [0.15, 0.2) is 24.3 Å². The number of benzene rings is 1. The van der Waals surface area contributed by atoms with Gasteiger partial charge in [0.25, 0.3) is 11.8 Å². The van der Waals surface area contributed by atoms with Crippen molar-refractivity contribution >= 4 is 29.4 Å². The van der Waals surface area contributed by atoms with Crippen molar-refractivity contribution in [1.82, 2.24) is 20.9 Å². The molecule has 1 aromatic carbocycles. The largest absolute Gasteiger partial charge is 0.439 e. The Labute approximate surface area is 199 Å². The van der Waals surface area contributed by atoms with E-state index in [2.05, 4.69) is 32.8 Å². The van der Waals surface area contributed by atoms with Crippen molar-refractivity contribution in [2.24, 2.45) is 0 Å². The van der Waals surface area contributed by atoms with Gasteiger partial charge < -0.3 is 30.5 Å². The second kappa shape index (κ2) is 10.0. The second-order valence-electron chi connectivity index (χ2n) is 9.42. The summed E-state index contributed by atoms with van der Waals surface area (Å²) >= 11 is 0. The summed E-state index contributed by atoms with van der Waals surface area (Å²) < 4.78 is 5.03. The molecule has 2 saturated heterocycles. The number of ether oxygens (including phenoxy) is 1. The SMILES string of the molecule is CC(=O)O[C@@H]1NC(=O)[C@H]1NC(=O)C1(NC(=O)c2ccc(N3CCN(C)CC3)cc2)CCCCC1.